The molecule has 6 nitrogen and oxygen atoms in total. The highest BCUT2D eigenvalue weighted by Gasteiger charge is 2.27. The Morgan fingerprint density at radius 3 is 2.84 bits per heavy atom. The number of hydrogen-bond donors (Lipinski definition) is 2. The van der Waals surface area contributed by atoms with Crippen molar-refractivity contribution < 1.29 is 14.3 Å². The number of amides is 1. The third-order valence-corrected chi connectivity index (χ3v) is 4.16. The van der Waals surface area contributed by atoms with Crippen LogP contribution >= 0.6 is 11.6 Å². The number of fused-ring (bicyclic) bond motifs is 1. The number of ether oxygens (including phenoxy) is 2. The monoisotopic (exact) mass is 355 g/mol. The normalized spacial score (nSPS) is 15.6. The molecule has 0 saturated carbocycles. The molecule has 1 atom stereocenters. The Hall–Kier alpha value is -2.99. The maximum Gasteiger partial charge on any atom is 0.269 e. The molecule has 4 rings (SSSR count). The van der Waals surface area contributed by atoms with Crippen LogP contribution in [0.2, 0.25) is 5.02 Å². The summed E-state index contributed by atoms with van der Waals surface area (Å²) in [5, 5.41) is 9.97. The number of para-hydroxylation sites is 2. The molecule has 2 heterocycles. The first kappa shape index (κ1) is 15.5. The number of hydrogen-bond acceptors (Lipinski definition) is 4. The smallest absolute Gasteiger partial charge is 0.269 e. The fraction of sp³-hybridized carbons (Fsp3) is 0.111. The molecule has 0 spiro atoms. The third kappa shape index (κ3) is 3.16. The highest BCUT2D eigenvalue weighted by molar-refractivity contribution is 6.33. The number of carbonyl (C=O) groups is 1. The predicted molar refractivity (Wildman–Crippen MR) is 94.0 cm³/mol. The summed E-state index contributed by atoms with van der Waals surface area (Å²) >= 11 is 6.31. The molecule has 2 aromatic carbocycles. The van der Waals surface area contributed by atoms with Gasteiger partial charge in [0.05, 0.1) is 11.2 Å². The molecule has 0 bridgehead atoms. The fourth-order valence-corrected chi connectivity index (χ4v) is 2.89. The van der Waals surface area contributed by atoms with Gasteiger partial charge in [-0.15, -0.1) is 0 Å². The summed E-state index contributed by atoms with van der Waals surface area (Å²) in [6.45, 7) is 0.156. The van der Waals surface area contributed by atoms with Gasteiger partial charge in [-0.25, -0.2) is 0 Å². The van der Waals surface area contributed by atoms with Gasteiger partial charge in [-0.2, -0.15) is 5.10 Å². The third-order valence-electron chi connectivity index (χ3n) is 3.85. The van der Waals surface area contributed by atoms with E-state index in [0.29, 0.717) is 22.2 Å². The molecule has 126 valence electrons. The van der Waals surface area contributed by atoms with E-state index in [1.807, 2.05) is 18.2 Å². The number of aromatic amines is 1. The molecule has 3 aromatic rings. The number of H-pyrrole nitrogens is 1. The largest absolute Gasteiger partial charge is 0.485 e. The van der Waals surface area contributed by atoms with Crippen molar-refractivity contribution in [3.63, 3.8) is 0 Å². The molecule has 25 heavy (non-hydrogen) atoms. The molecule has 2 N–H and O–H groups in total. The van der Waals surface area contributed by atoms with Gasteiger partial charge < -0.3 is 14.8 Å². The van der Waals surface area contributed by atoms with Crippen molar-refractivity contribution in [2.24, 2.45) is 0 Å². The number of carbonyl (C=O) groups excluding carboxylic acids is 1. The van der Waals surface area contributed by atoms with Gasteiger partial charge in [-0.05, 0) is 24.3 Å². The van der Waals surface area contributed by atoms with Crippen LogP contribution in [0, 0.1) is 0 Å². The summed E-state index contributed by atoms with van der Waals surface area (Å²) in [4.78, 5) is 12.4. The number of benzene rings is 2. The Labute approximate surface area is 148 Å². The van der Waals surface area contributed by atoms with E-state index in [9.17, 15) is 4.79 Å². The van der Waals surface area contributed by atoms with Gasteiger partial charge in [0.1, 0.15) is 6.61 Å². The molecule has 7 heteroatoms. The number of rotatable bonds is 3. The first-order valence-corrected chi connectivity index (χ1v) is 8.06. The Bertz CT molecular complexity index is 912. The van der Waals surface area contributed by atoms with Crippen molar-refractivity contribution in [1.29, 1.82) is 0 Å². The van der Waals surface area contributed by atoms with Crippen LogP contribution in [0.5, 0.6) is 11.5 Å². The second-order valence-corrected chi connectivity index (χ2v) is 5.94. The highest BCUT2D eigenvalue weighted by Crippen LogP contribution is 2.32. The molecule has 1 aliphatic rings. The number of aromatic nitrogens is 2. The molecular weight excluding hydrogens is 342 g/mol. The number of anilines is 1. The van der Waals surface area contributed by atoms with Crippen LogP contribution in [0.3, 0.4) is 0 Å². The SMILES string of the molecule is O=C(Nc1ccc(-c2cn[nH]c2)c(Cl)c1)C1COc2ccccc2O1. The average molecular weight is 356 g/mol. The van der Waals surface area contributed by atoms with E-state index < -0.39 is 6.10 Å². The van der Waals surface area contributed by atoms with Crippen LogP contribution in [0.25, 0.3) is 11.1 Å². The van der Waals surface area contributed by atoms with Crippen molar-refractivity contribution in [3.05, 3.63) is 59.9 Å². The number of nitrogens with zero attached hydrogens (tertiary/aromatic N) is 1. The minimum atomic E-state index is -0.720. The van der Waals surface area contributed by atoms with Gasteiger partial charge in [-0.3, -0.25) is 9.89 Å². The molecule has 0 radical (unpaired) electrons. The van der Waals surface area contributed by atoms with E-state index in [1.165, 1.54) is 0 Å². The van der Waals surface area contributed by atoms with E-state index >= 15 is 0 Å². The van der Waals surface area contributed by atoms with Gasteiger partial charge in [-0.1, -0.05) is 29.8 Å². The van der Waals surface area contributed by atoms with Gasteiger partial charge >= 0.3 is 0 Å². The summed E-state index contributed by atoms with van der Waals surface area (Å²) in [6, 6.07) is 12.6. The molecule has 0 aliphatic carbocycles. The highest BCUT2D eigenvalue weighted by atomic mass is 35.5. The molecule has 0 fully saturated rings. The molecule has 1 aliphatic heterocycles. The van der Waals surface area contributed by atoms with Crippen molar-refractivity contribution >= 4 is 23.2 Å². The van der Waals surface area contributed by atoms with Crippen molar-refractivity contribution in [2.45, 2.75) is 6.10 Å². The Kier molecular flexibility index (Phi) is 4.03. The zero-order chi connectivity index (χ0) is 17.2. The number of halogens is 1. The van der Waals surface area contributed by atoms with Gasteiger partial charge in [0.15, 0.2) is 11.5 Å². The maximum atomic E-state index is 12.4. The quantitative estimate of drug-likeness (QED) is 0.753. The van der Waals surface area contributed by atoms with E-state index in [0.717, 1.165) is 11.1 Å². The average Bonchev–Trinajstić information content (AvgIpc) is 3.15. The van der Waals surface area contributed by atoms with Gasteiger partial charge in [0.25, 0.3) is 5.91 Å². The Balaban J connectivity index is 1.47. The van der Waals surface area contributed by atoms with Crippen LogP contribution in [0.15, 0.2) is 54.9 Å². The molecule has 0 saturated heterocycles. The zero-order valence-electron chi connectivity index (χ0n) is 13.0. The molecule has 1 amide bonds. The first-order valence-electron chi connectivity index (χ1n) is 7.69. The molecule has 1 aromatic heterocycles. The summed E-state index contributed by atoms with van der Waals surface area (Å²) in [5.74, 6) is 0.905. The lowest BCUT2D eigenvalue weighted by molar-refractivity contribution is -0.125. The summed E-state index contributed by atoms with van der Waals surface area (Å²) in [5.41, 5.74) is 2.30. The van der Waals surface area contributed by atoms with Crippen molar-refractivity contribution in [3.8, 4) is 22.6 Å². The fourth-order valence-electron chi connectivity index (χ4n) is 2.60. The van der Waals surface area contributed by atoms with Crippen molar-refractivity contribution in [2.75, 3.05) is 11.9 Å². The van der Waals surface area contributed by atoms with Crippen LogP contribution in [-0.2, 0) is 4.79 Å². The first-order chi connectivity index (χ1) is 12.2. The topological polar surface area (TPSA) is 76.2 Å². The van der Waals surface area contributed by atoms with Gasteiger partial charge in [0, 0.05) is 23.0 Å². The summed E-state index contributed by atoms with van der Waals surface area (Å²) in [6.07, 6.45) is 2.72. The second-order valence-electron chi connectivity index (χ2n) is 5.54. The van der Waals surface area contributed by atoms with E-state index in [1.54, 1.807) is 36.7 Å². The van der Waals surface area contributed by atoms with Crippen LogP contribution < -0.4 is 14.8 Å². The predicted octanol–water partition coefficient (Wildman–Crippen LogP) is 3.51. The molecule has 1 unspecified atom stereocenters. The molecular formula is C18H14ClN3O3. The summed E-state index contributed by atoms with van der Waals surface area (Å²) < 4.78 is 11.3. The zero-order valence-corrected chi connectivity index (χ0v) is 13.8. The Morgan fingerprint density at radius 1 is 1.24 bits per heavy atom. The Morgan fingerprint density at radius 2 is 2.08 bits per heavy atom. The summed E-state index contributed by atoms with van der Waals surface area (Å²) in [7, 11) is 0. The van der Waals surface area contributed by atoms with Crippen LogP contribution in [0.4, 0.5) is 5.69 Å². The standard InChI is InChI=1S/C18H14ClN3O3/c19-14-7-12(5-6-13(14)11-8-20-21-9-11)22-18(23)17-10-24-15-3-1-2-4-16(15)25-17/h1-9,17H,10H2,(H,20,21)(H,22,23). The van der Waals surface area contributed by atoms with E-state index in [2.05, 4.69) is 15.5 Å². The van der Waals surface area contributed by atoms with E-state index in [-0.39, 0.29) is 12.5 Å². The lowest BCUT2D eigenvalue weighted by Crippen LogP contribution is -2.40. The van der Waals surface area contributed by atoms with E-state index in [4.69, 9.17) is 21.1 Å². The van der Waals surface area contributed by atoms with Crippen molar-refractivity contribution in [1.82, 2.24) is 10.2 Å². The lowest BCUT2D eigenvalue weighted by Gasteiger charge is -2.25. The minimum Gasteiger partial charge on any atom is -0.485 e. The minimum absolute atomic E-state index is 0.156. The second kappa shape index (κ2) is 6.49. The lowest BCUT2D eigenvalue weighted by atomic mass is 10.1. The maximum absolute atomic E-state index is 12.4. The van der Waals surface area contributed by atoms with Gasteiger partial charge in [0.2, 0.25) is 6.10 Å². The van der Waals surface area contributed by atoms with Crippen LogP contribution in [-0.4, -0.2) is 28.8 Å². The van der Waals surface area contributed by atoms with Crippen LogP contribution in [0.1, 0.15) is 0 Å². The number of nitrogens with one attached hydrogen (secondary N) is 2.